The fraction of sp³-hybridized carbons (Fsp3) is 0.632. The van der Waals surface area contributed by atoms with Crippen LogP contribution in [-0.4, -0.2) is 39.4 Å². The number of nitrogens with zero attached hydrogens (tertiary/aromatic N) is 1. The topological polar surface area (TPSA) is 54.9 Å². The highest BCUT2D eigenvalue weighted by molar-refractivity contribution is 5.79. The fourth-order valence-electron chi connectivity index (χ4n) is 2.17. The number of methoxy groups -OCH3 is 1. The Morgan fingerprint density at radius 1 is 1.24 bits per heavy atom. The summed E-state index contributed by atoms with van der Waals surface area (Å²) >= 11 is 0. The van der Waals surface area contributed by atoms with Gasteiger partial charge in [-0.05, 0) is 37.0 Å². The second kappa shape index (κ2) is 12.7. The van der Waals surface area contributed by atoms with E-state index in [0.29, 0.717) is 31.2 Å². The molecule has 25 heavy (non-hydrogen) atoms. The zero-order chi connectivity index (χ0) is 18.5. The maximum Gasteiger partial charge on any atom is 0.191 e. The number of ether oxygens (including phenoxy) is 2. The third-order valence-corrected chi connectivity index (χ3v) is 3.55. The second-order valence-corrected chi connectivity index (χ2v) is 6.28. The molecule has 0 heterocycles. The third kappa shape index (κ3) is 9.41. The van der Waals surface area contributed by atoms with Gasteiger partial charge in [-0.15, -0.1) is 0 Å². The molecule has 1 aromatic rings. The molecule has 0 aliphatic rings. The average molecular weight is 353 g/mol. The second-order valence-electron chi connectivity index (χ2n) is 6.28. The molecule has 6 heteroatoms. The lowest BCUT2D eigenvalue weighted by molar-refractivity contribution is 0.128. The zero-order valence-corrected chi connectivity index (χ0v) is 15.9. The van der Waals surface area contributed by atoms with Crippen molar-refractivity contribution in [1.82, 2.24) is 10.6 Å². The first-order valence-corrected chi connectivity index (χ1v) is 8.93. The van der Waals surface area contributed by atoms with E-state index in [4.69, 9.17) is 9.47 Å². The Morgan fingerprint density at radius 3 is 2.72 bits per heavy atom. The Labute approximate surface area is 151 Å². The van der Waals surface area contributed by atoms with E-state index < -0.39 is 0 Å². The first kappa shape index (κ1) is 21.4. The summed E-state index contributed by atoms with van der Waals surface area (Å²) in [5, 5.41) is 6.44. The molecule has 0 fully saturated rings. The van der Waals surface area contributed by atoms with Crippen LogP contribution in [0.2, 0.25) is 0 Å². The van der Waals surface area contributed by atoms with Gasteiger partial charge in [0.15, 0.2) is 5.96 Å². The zero-order valence-electron chi connectivity index (χ0n) is 15.9. The Bertz CT molecular complexity index is 521. The van der Waals surface area contributed by atoms with Crippen molar-refractivity contribution in [1.29, 1.82) is 0 Å². The average Bonchev–Trinajstić information content (AvgIpc) is 2.58. The van der Waals surface area contributed by atoms with Gasteiger partial charge in [0.2, 0.25) is 0 Å². The standard InChI is InChI=1S/C19H32FN3O2/c1-5-21-19(22-9-11-25-10-8-15(2)3)23-13-16-6-7-18(20)17(12-16)14-24-4/h6-7,12,15H,5,8-11,13-14H2,1-4H3,(H2,21,22,23). The van der Waals surface area contributed by atoms with Crippen molar-refractivity contribution in [2.45, 2.75) is 40.3 Å². The van der Waals surface area contributed by atoms with Crippen molar-refractivity contribution in [3.8, 4) is 0 Å². The molecule has 0 aliphatic heterocycles. The Balaban J connectivity index is 2.48. The van der Waals surface area contributed by atoms with Gasteiger partial charge in [-0.2, -0.15) is 0 Å². The Morgan fingerprint density at radius 2 is 2.04 bits per heavy atom. The maximum atomic E-state index is 13.6. The summed E-state index contributed by atoms with van der Waals surface area (Å²) in [6.07, 6.45) is 1.07. The highest BCUT2D eigenvalue weighted by Crippen LogP contribution is 2.12. The van der Waals surface area contributed by atoms with E-state index >= 15 is 0 Å². The van der Waals surface area contributed by atoms with Gasteiger partial charge in [-0.25, -0.2) is 9.38 Å². The van der Waals surface area contributed by atoms with Gasteiger partial charge in [-0.1, -0.05) is 19.9 Å². The summed E-state index contributed by atoms with van der Waals surface area (Å²) in [5.74, 6) is 1.14. The van der Waals surface area contributed by atoms with E-state index in [0.717, 1.165) is 31.1 Å². The van der Waals surface area contributed by atoms with Crippen molar-refractivity contribution in [2.75, 3.05) is 33.4 Å². The van der Waals surface area contributed by atoms with E-state index in [1.165, 1.54) is 6.07 Å². The molecule has 0 atom stereocenters. The van der Waals surface area contributed by atoms with Crippen LogP contribution in [0.15, 0.2) is 23.2 Å². The number of hydrogen-bond acceptors (Lipinski definition) is 3. The van der Waals surface area contributed by atoms with E-state index in [2.05, 4.69) is 29.5 Å². The van der Waals surface area contributed by atoms with Gasteiger partial charge >= 0.3 is 0 Å². The number of benzene rings is 1. The van der Waals surface area contributed by atoms with Gasteiger partial charge < -0.3 is 20.1 Å². The van der Waals surface area contributed by atoms with E-state index in [-0.39, 0.29) is 12.4 Å². The minimum Gasteiger partial charge on any atom is -0.380 e. The van der Waals surface area contributed by atoms with Crippen LogP contribution in [0, 0.1) is 11.7 Å². The normalized spacial score (nSPS) is 11.8. The lowest BCUT2D eigenvalue weighted by atomic mass is 10.1. The predicted octanol–water partition coefficient (Wildman–Crippen LogP) is 3.09. The van der Waals surface area contributed by atoms with Crippen LogP contribution in [0.25, 0.3) is 0 Å². The number of aliphatic imine (C=N–C) groups is 1. The van der Waals surface area contributed by atoms with Gasteiger partial charge in [0.25, 0.3) is 0 Å². The first-order chi connectivity index (χ1) is 12.1. The minimum atomic E-state index is -0.252. The maximum absolute atomic E-state index is 13.6. The van der Waals surface area contributed by atoms with Gasteiger partial charge in [0, 0.05) is 32.4 Å². The summed E-state index contributed by atoms with van der Waals surface area (Å²) < 4.78 is 24.2. The molecule has 0 aliphatic carbocycles. The quantitative estimate of drug-likeness (QED) is 0.365. The van der Waals surface area contributed by atoms with Crippen LogP contribution >= 0.6 is 0 Å². The summed E-state index contributed by atoms with van der Waals surface area (Å²) in [5.41, 5.74) is 1.49. The molecule has 0 saturated carbocycles. The summed E-state index contributed by atoms with van der Waals surface area (Å²) in [6, 6.07) is 5.00. The number of nitrogens with one attached hydrogen (secondary N) is 2. The van der Waals surface area contributed by atoms with Crippen molar-refractivity contribution in [3.05, 3.63) is 35.1 Å². The molecule has 0 saturated heterocycles. The van der Waals surface area contributed by atoms with Crippen LogP contribution in [-0.2, 0) is 22.6 Å². The van der Waals surface area contributed by atoms with Crippen molar-refractivity contribution >= 4 is 5.96 Å². The molecule has 0 aromatic heterocycles. The summed E-state index contributed by atoms with van der Waals surface area (Å²) in [7, 11) is 1.56. The van der Waals surface area contributed by atoms with Crippen LogP contribution < -0.4 is 10.6 Å². The molecular weight excluding hydrogens is 321 g/mol. The third-order valence-electron chi connectivity index (χ3n) is 3.55. The van der Waals surface area contributed by atoms with E-state index in [9.17, 15) is 4.39 Å². The fourth-order valence-corrected chi connectivity index (χ4v) is 2.17. The van der Waals surface area contributed by atoms with Crippen LogP contribution in [0.5, 0.6) is 0 Å². The molecule has 0 bridgehead atoms. The smallest absolute Gasteiger partial charge is 0.191 e. The SMILES string of the molecule is CCNC(=NCc1ccc(F)c(COC)c1)NCCOCCC(C)C. The molecule has 0 amide bonds. The van der Waals surface area contributed by atoms with E-state index in [1.54, 1.807) is 19.2 Å². The van der Waals surface area contributed by atoms with Gasteiger partial charge in [0.05, 0.1) is 19.8 Å². The van der Waals surface area contributed by atoms with Crippen LogP contribution in [0.1, 0.15) is 38.3 Å². The minimum absolute atomic E-state index is 0.252. The summed E-state index contributed by atoms with van der Waals surface area (Å²) in [6.45, 7) is 10.0. The summed E-state index contributed by atoms with van der Waals surface area (Å²) in [4.78, 5) is 4.54. The number of hydrogen-bond donors (Lipinski definition) is 2. The number of halogens is 1. The molecular formula is C19H32FN3O2. The monoisotopic (exact) mass is 353 g/mol. The lowest BCUT2D eigenvalue weighted by Crippen LogP contribution is -2.39. The van der Waals surface area contributed by atoms with Crippen LogP contribution in [0.4, 0.5) is 4.39 Å². The molecule has 5 nitrogen and oxygen atoms in total. The van der Waals surface area contributed by atoms with Gasteiger partial charge in [0.1, 0.15) is 5.82 Å². The van der Waals surface area contributed by atoms with Gasteiger partial charge in [-0.3, -0.25) is 0 Å². The largest absolute Gasteiger partial charge is 0.380 e. The molecule has 0 spiro atoms. The Kier molecular flexibility index (Phi) is 10.8. The lowest BCUT2D eigenvalue weighted by Gasteiger charge is -2.12. The van der Waals surface area contributed by atoms with Crippen molar-refractivity contribution in [3.63, 3.8) is 0 Å². The number of rotatable bonds is 11. The number of guanidine groups is 1. The molecule has 1 aromatic carbocycles. The molecule has 0 radical (unpaired) electrons. The van der Waals surface area contributed by atoms with Crippen molar-refractivity contribution < 1.29 is 13.9 Å². The molecule has 0 unspecified atom stereocenters. The highest BCUT2D eigenvalue weighted by Gasteiger charge is 2.04. The highest BCUT2D eigenvalue weighted by atomic mass is 19.1. The van der Waals surface area contributed by atoms with Crippen LogP contribution in [0.3, 0.4) is 0 Å². The Hall–Kier alpha value is -1.66. The van der Waals surface area contributed by atoms with E-state index in [1.807, 2.05) is 6.92 Å². The van der Waals surface area contributed by atoms with Crippen molar-refractivity contribution in [2.24, 2.45) is 10.9 Å². The molecule has 142 valence electrons. The molecule has 2 N–H and O–H groups in total. The predicted molar refractivity (Wildman–Crippen MR) is 100 cm³/mol. The molecule has 1 rings (SSSR count). The first-order valence-electron chi connectivity index (χ1n) is 8.93.